The predicted molar refractivity (Wildman–Crippen MR) is 111 cm³/mol. The number of aromatic nitrogens is 3. The van der Waals surface area contributed by atoms with Crippen LogP contribution in [0.4, 0.5) is 0 Å². The van der Waals surface area contributed by atoms with Gasteiger partial charge in [0.05, 0.1) is 17.0 Å². The minimum absolute atomic E-state index is 0.0627. The molecule has 1 saturated heterocycles. The maximum Gasteiger partial charge on any atom is 0.230 e. The van der Waals surface area contributed by atoms with Gasteiger partial charge >= 0.3 is 0 Å². The molecule has 1 aliphatic rings. The van der Waals surface area contributed by atoms with Gasteiger partial charge < -0.3 is 10.2 Å². The van der Waals surface area contributed by atoms with Crippen LogP contribution < -0.4 is 0 Å². The summed E-state index contributed by atoms with van der Waals surface area (Å²) in [5, 5.41) is 25.3. The lowest BCUT2D eigenvalue weighted by atomic mass is 9.96. The van der Waals surface area contributed by atoms with Gasteiger partial charge in [-0.3, -0.25) is 4.90 Å². The van der Waals surface area contributed by atoms with Crippen molar-refractivity contribution in [2.45, 2.75) is 58.1 Å². The lowest BCUT2D eigenvalue weighted by molar-refractivity contribution is 0.0689. The summed E-state index contributed by atoms with van der Waals surface area (Å²) in [5.41, 5.74) is 2.45. The number of hydrogen-bond acceptors (Lipinski definition) is 6. The summed E-state index contributed by atoms with van der Waals surface area (Å²) in [6.45, 7) is 7.98. The zero-order chi connectivity index (χ0) is 19.8. The molecule has 150 valence electrons. The number of aromatic hydroxyl groups is 1. The largest absolute Gasteiger partial charge is 0.492 e. The number of likely N-dealkylation sites (tertiary alicyclic amines) is 1. The molecule has 1 unspecified atom stereocenters. The van der Waals surface area contributed by atoms with Crippen LogP contribution >= 0.6 is 11.3 Å². The Balaban J connectivity index is 1.76. The number of piperidine rings is 1. The second kappa shape index (κ2) is 7.81. The van der Waals surface area contributed by atoms with E-state index in [4.69, 9.17) is 0 Å². The number of rotatable bonds is 5. The third-order valence-electron chi connectivity index (χ3n) is 5.59. The highest BCUT2D eigenvalue weighted by atomic mass is 32.1. The van der Waals surface area contributed by atoms with Crippen LogP contribution in [0.15, 0.2) is 24.3 Å². The lowest BCUT2D eigenvalue weighted by Crippen LogP contribution is -2.38. The van der Waals surface area contributed by atoms with Crippen LogP contribution in [0.1, 0.15) is 67.4 Å². The maximum atomic E-state index is 11.0. The van der Waals surface area contributed by atoms with E-state index in [2.05, 4.69) is 53.1 Å². The molecule has 3 aromatic rings. The summed E-state index contributed by atoms with van der Waals surface area (Å²) in [5.74, 6) is 1.40. The molecular weight excluding hydrogens is 372 g/mol. The number of hydrogen-bond donors (Lipinski definition) is 2. The van der Waals surface area contributed by atoms with Crippen molar-refractivity contribution in [1.82, 2.24) is 19.5 Å². The van der Waals surface area contributed by atoms with Crippen molar-refractivity contribution in [3.63, 3.8) is 0 Å². The highest BCUT2D eigenvalue weighted by Gasteiger charge is 2.31. The second-order valence-corrected chi connectivity index (χ2v) is 8.87. The summed E-state index contributed by atoms with van der Waals surface area (Å²) < 4.78 is 1.56. The van der Waals surface area contributed by atoms with Gasteiger partial charge in [0.25, 0.3) is 0 Å². The molecule has 4 rings (SSSR count). The Morgan fingerprint density at radius 1 is 1.14 bits per heavy atom. The monoisotopic (exact) mass is 400 g/mol. The molecule has 0 amide bonds. The van der Waals surface area contributed by atoms with Crippen molar-refractivity contribution in [2.75, 3.05) is 13.1 Å². The van der Waals surface area contributed by atoms with Gasteiger partial charge in [-0.15, -0.1) is 5.10 Å². The zero-order valence-electron chi connectivity index (χ0n) is 16.7. The van der Waals surface area contributed by atoms with Crippen LogP contribution in [0.25, 0.3) is 4.96 Å². The molecule has 2 N–H and O–H groups in total. The molecule has 1 aliphatic heterocycles. The Hall–Kier alpha value is -1.96. The fraction of sp³-hybridized carbons (Fsp3) is 0.524. The van der Waals surface area contributed by atoms with Crippen LogP contribution in [0.2, 0.25) is 0 Å². The fourth-order valence-corrected chi connectivity index (χ4v) is 4.99. The van der Waals surface area contributed by atoms with E-state index in [1.807, 2.05) is 6.92 Å². The second-order valence-electron chi connectivity index (χ2n) is 7.86. The smallest absolute Gasteiger partial charge is 0.230 e. The van der Waals surface area contributed by atoms with E-state index in [1.54, 1.807) is 4.52 Å². The van der Waals surface area contributed by atoms with E-state index < -0.39 is 0 Å². The normalized spacial score (nSPS) is 17.6. The molecule has 1 aromatic carbocycles. The first kappa shape index (κ1) is 19.4. The summed E-state index contributed by atoms with van der Waals surface area (Å²) in [7, 11) is 0. The van der Waals surface area contributed by atoms with Crippen molar-refractivity contribution < 1.29 is 10.2 Å². The molecule has 0 bridgehead atoms. The van der Waals surface area contributed by atoms with E-state index >= 15 is 0 Å². The van der Waals surface area contributed by atoms with Gasteiger partial charge in [0, 0.05) is 19.5 Å². The Morgan fingerprint density at radius 2 is 1.79 bits per heavy atom. The molecule has 28 heavy (non-hydrogen) atoms. The van der Waals surface area contributed by atoms with Crippen LogP contribution in [-0.2, 0) is 6.42 Å². The van der Waals surface area contributed by atoms with Gasteiger partial charge in [0.2, 0.25) is 10.8 Å². The molecule has 0 aliphatic carbocycles. The molecule has 7 heteroatoms. The molecule has 0 spiro atoms. The zero-order valence-corrected chi connectivity index (χ0v) is 17.5. The number of fused-ring (bicyclic) bond motifs is 1. The average molecular weight is 401 g/mol. The summed E-state index contributed by atoms with van der Waals surface area (Å²) in [6.07, 6.45) is 2.01. The van der Waals surface area contributed by atoms with Gasteiger partial charge in [-0.1, -0.05) is 56.4 Å². The molecular formula is C21H28N4O2S. The SMILES string of the molecule is CCc1nc2sc(C(c3ccc(C(C)C)cc3)N3CCC(O)CC3)c(O)n2n1. The number of benzene rings is 1. The number of nitrogens with zero attached hydrogens (tertiary/aromatic N) is 4. The van der Waals surface area contributed by atoms with Gasteiger partial charge in [-0.2, -0.15) is 4.52 Å². The summed E-state index contributed by atoms with van der Waals surface area (Å²) in [6, 6.07) is 8.62. The van der Waals surface area contributed by atoms with E-state index in [-0.39, 0.29) is 18.0 Å². The van der Waals surface area contributed by atoms with Gasteiger partial charge in [-0.25, -0.2) is 4.98 Å². The van der Waals surface area contributed by atoms with Crippen molar-refractivity contribution in [3.05, 3.63) is 46.1 Å². The Labute approximate surface area is 169 Å². The highest BCUT2D eigenvalue weighted by Crippen LogP contribution is 2.41. The number of thiazole rings is 1. The Kier molecular flexibility index (Phi) is 5.40. The summed E-state index contributed by atoms with van der Waals surface area (Å²) in [4.78, 5) is 8.48. The molecule has 6 nitrogen and oxygen atoms in total. The number of aliphatic hydroxyl groups is 1. The van der Waals surface area contributed by atoms with Crippen LogP contribution in [0, 0.1) is 0 Å². The molecule has 3 heterocycles. The van der Waals surface area contributed by atoms with E-state index in [0.717, 1.165) is 53.6 Å². The minimum atomic E-state index is -0.233. The number of aryl methyl sites for hydroxylation is 1. The van der Waals surface area contributed by atoms with E-state index in [1.165, 1.54) is 16.9 Å². The molecule has 0 radical (unpaired) electrons. The first-order valence-corrected chi connectivity index (χ1v) is 10.9. The lowest BCUT2D eigenvalue weighted by Gasteiger charge is -2.36. The van der Waals surface area contributed by atoms with Gasteiger partial charge in [-0.05, 0) is 29.9 Å². The summed E-state index contributed by atoms with van der Waals surface area (Å²) >= 11 is 1.50. The molecule has 1 fully saturated rings. The molecule has 1 atom stereocenters. The van der Waals surface area contributed by atoms with Crippen molar-refractivity contribution >= 4 is 16.3 Å². The predicted octanol–water partition coefficient (Wildman–Crippen LogP) is 3.73. The standard InChI is InChI=1S/C21H28N4O2S/c1-4-17-22-21-25(23-17)20(27)19(28-21)18(24-11-9-16(26)10-12-24)15-7-5-14(6-8-15)13(2)3/h5-8,13,16,18,26-27H,4,9-12H2,1-3H3. The third-order valence-corrected chi connectivity index (χ3v) is 6.66. The van der Waals surface area contributed by atoms with Crippen LogP contribution in [0.3, 0.4) is 0 Å². The average Bonchev–Trinajstić information content (AvgIpc) is 3.23. The molecule has 2 aromatic heterocycles. The minimum Gasteiger partial charge on any atom is -0.492 e. The third kappa shape index (κ3) is 3.54. The van der Waals surface area contributed by atoms with Crippen LogP contribution in [0.5, 0.6) is 5.88 Å². The van der Waals surface area contributed by atoms with Gasteiger partial charge in [0.1, 0.15) is 0 Å². The van der Waals surface area contributed by atoms with Gasteiger partial charge in [0.15, 0.2) is 5.82 Å². The quantitative estimate of drug-likeness (QED) is 0.683. The Bertz CT molecular complexity index is 939. The fourth-order valence-electron chi connectivity index (χ4n) is 3.85. The van der Waals surface area contributed by atoms with Crippen LogP contribution in [-0.4, -0.2) is 48.9 Å². The van der Waals surface area contributed by atoms with Crippen molar-refractivity contribution in [3.8, 4) is 5.88 Å². The first-order valence-electron chi connectivity index (χ1n) is 10.1. The van der Waals surface area contributed by atoms with Crippen molar-refractivity contribution in [2.24, 2.45) is 0 Å². The van der Waals surface area contributed by atoms with E-state index in [9.17, 15) is 10.2 Å². The topological polar surface area (TPSA) is 73.9 Å². The molecule has 0 saturated carbocycles. The Morgan fingerprint density at radius 3 is 2.36 bits per heavy atom. The number of aliphatic hydroxyl groups excluding tert-OH is 1. The maximum absolute atomic E-state index is 11.0. The van der Waals surface area contributed by atoms with E-state index in [0.29, 0.717) is 5.92 Å². The first-order chi connectivity index (χ1) is 13.5. The highest BCUT2D eigenvalue weighted by molar-refractivity contribution is 7.17. The van der Waals surface area contributed by atoms with Crippen molar-refractivity contribution in [1.29, 1.82) is 0 Å².